The lowest BCUT2D eigenvalue weighted by atomic mass is 9.98. The Morgan fingerprint density at radius 3 is 2.23 bits per heavy atom. The number of benzene rings is 2. The number of hydrogen-bond acceptors (Lipinski definition) is 4. The molecule has 7 nitrogen and oxygen atoms in total. The first-order chi connectivity index (χ1) is 17.0. The fourth-order valence-corrected chi connectivity index (χ4v) is 5.27. The minimum Gasteiger partial charge on any atom is -0.481 e. The first kappa shape index (κ1) is 24.8. The molecule has 1 saturated carbocycles. The number of carboxylic acid groups (broad SMARTS) is 1. The van der Waals surface area contributed by atoms with E-state index in [1.165, 1.54) is 22.3 Å². The Morgan fingerprint density at radius 2 is 1.54 bits per heavy atom. The van der Waals surface area contributed by atoms with E-state index in [9.17, 15) is 14.4 Å². The third-order valence-corrected chi connectivity index (χ3v) is 7.09. The van der Waals surface area contributed by atoms with Crippen molar-refractivity contribution in [2.75, 3.05) is 13.2 Å². The number of hydrogen-bond donors (Lipinski definition) is 3. The number of carbonyl (C=O) groups excluding carboxylic acids is 2. The fraction of sp³-hybridized carbons (Fsp3) is 0.464. The Kier molecular flexibility index (Phi) is 8.40. The van der Waals surface area contributed by atoms with Crippen molar-refractivity contribution >= 4 is 18.0 Å². The van der Waals surface area contributed by atoms with E-state index >= 15 is 0 Å². The van der Waals surface area contributed by atoms with Gasteiger partial charge in [-0.3, -0.25) is 9.59 Å². The van der Waals surface area contributed by atoms with Gasteiger partial charge in [-0.25, -0.2) is 4.79 Å². The van der Waals surface area contributed by atoms with Gasteiger partial charge in [0.25, 0.3) is 0 Å². The number of rotatable bonds is 11. The third-order valence-electron chi connectivity index (χ3n) is 7.09. The van der Waals surface area contributed by atoms with E-state index in [0.717, 1.165) is 32.1 Å². The molecule has 0 bridgehead atoms. The summed E-state index contributed by atoms with van der Waals surface area (Å²) >= 11 is 0. The van der Waals surface area contributed by atoms with Crippen molar-refractivity contribution in [2.45, 2.75) is 63.3 Å². The predicted molar refractivity (Wildman–Crippen MR) is 133 cm³/mol. The predicted octanol–water partition coefficient (Wildman–Crippen LogP) is 4.85. The lowest BCUT2D eigenvalue weighted by molar-refractivity contribution is -0.137. The zero-order chi connectivity index (χ0) is 24.6. The molecule has 0 heterocycles. The highest BCUT2D eigenvalue weighted by Crippen LogP contribution is 2.44. The summed E-state index contributed by atoms with van der Waals surface area (Å²) < 4.78 is 5.64. The molecule has 1 fully saturated rings. The highest BCUT2D eigenvalue weighted by Gasteiger charge is 2.32. The van der Waals surface area contributed by atoms with Crippen LogP contribution in [0.3, 0.4) is 0 Å². The number of alkyl carbamates (subject to hydrolysis) is 1. The minimum absolute atomic E-state index is 0.0272. The van der Waals surface area contributed by atoms with Gasteiger partial charge in [0.2, 0.25) is 5.91 Å². The highest BCUT2D eigenvalue weighted by molar-refractivity contribution is 5.80. The van der Waals surface area contributed by atoms with Crippen LogP contribution >= 0.6 is 0 Å². The van der Waals surface area contributed by atoms with Crippen LogP contribution in [0.15, 0.2) is 48.5 Å². The van der Waals surface area contributed by atoms with E-state index in [1.807, 2.05) is 24.3 Å². The van der Waals surface area contributed by atoms with Gasteiger partial charge in [0.15, 0.2) is 0 Å². The van der Waals surface area contributed by atoms with Gasteiger partial charge in [-0.15, -0.1) is 0 Å². The lowest BCUT2D eigenvalue weighted by Gasteiger charge is -2.17. The van der Waals surface area contributed by atoms with E-state index < -0.39 is 12.1 Å². The quantitative estimate of drug-likeness (QED) is 0.401. The maximum Gasteiger partial charge on any atom is 0.407 e. The molecule has 2 aliphatic rings. The maximum absolute atomic E-state index is 12.5. The molecule has 0 saturated heterocycles. The molecular weight excluding hydrogens is 444 g/mol. The van der Waals surface area contributed by atoms with E-state index in [0.29, 0.717) is 19.4 Å². The third kappa shape index (κ3) is 6.41. The van der Waals surface area contributed by atoms with Crippen molar-refractivity contribution in [3.05, 3.63) is 59.7 Å². The number of amides is 2. The summed E-state index contributed by atoms with van der Waals surface area (Å²) in [6, 6.07) is 16.4. The Morgan fingerprint density at radius 1 is 0.886 bits per heavy atom. The topological polar surface area (TPSA) is 105 Å². The van der Waals surface area contributed by atoms with Gasteiger partial charge in [0.05, 0.1) is 0 Å². The average molecular weight is 479 g/mol. The van der Waals surface area contributed by atoms with Gasteiger partial charge >= 0.3 is 12.1 Å². The average Bonchev–Trinajstić information content (AvgIpc) is 3.44. The zero-order valence-corrected chi connectivity index (χ0v) is 20.0. The molecule has 35 heavy (non-hydrogen) atoms. The molecule has 0 spiro atoms. The SMILES string of the molecule is O=C(O)CCCCCCNC(=O)[C@@H]1CC[C@H](NC(=O)OCC2c3ccccc3-c3ccccc32)C1. The Bertz CT molecular complexity index is 1010. The van der Waals surface area contributed by atoms with Crippen LogP contribution in [0.25, 0.3) is 11.1 Å². The summed E-state index contributed by atoms with van der Waals surface area (Å²) in [4.78, 5) is 35.5. The number of nitrogens with one attached hydrogen (secondary N) is 2. The number of fused-ring (bicyclic) bond motifs is 3. The number of aliphatic carboxylic acids is 1. The zero-order valence-electron chi connectivity index (χ0n) is 20.0. The second kappa shape index (κ2) is 11.9. The van der Waals surface area contributed by atoms with Gasteiger partial charge in [0.1, 0.15) is 6.61 Å². The Hall–Kier alpha value is -3.35. The van der Waals surface area contributed by atoms with Crippen molar-refractivity contribution in [1.82, 2.24) is 10.6 Å². The van der Waals surface area contributed by atoms with Gasteiger partial charge in [-0.05, 0) is 54.4 Å². The van der Waals surface area contributed by atoms with E-state index in [4.69, 9.17) is 9.84 Å². The molecular formula is C28H34N2O5. The first-order valence-corrected chi connectivity index (χ1v) is 12.6. The molecule has 0 radical (unpaired) electrons. The molecule has 2 aliphatic carbocycles. The van der Waals surface area contributed by atoms with Crippen LogP contribution in [-0.2, 0) is 14.3 Å². The van der Waals surface area contributed by atoms with Crippen LogP contribution in [0.5, 0.6) is 0 Å². The fourth-order valence-electron chi connectivity index (χ4n) is 5.27. The van der Waals surface area contributed by atoms with Crippen molar-refractivity contribution < 1.29 is 24.2 Å². The van der Waals surface area contributed by atoms with E-state index in [1.54, 1.807) is 0 Å². The van der Waals surface area contributed by atoms with Crippen molar-refractivity contribution in [2.24, 2.45) is 5.92 Å². The Balaban J connectivity index is 1.17. The maximum atomic E-state index is 12.5. The van der Waals surface area contributed by atoms with Crippen LogP contribution in [0.2, 0.25) is 0 Å². The number of carbonyl (C=O) groups is 3. The molecule has 2 amide bonds. The van der Waals surface area contributed by atoms with Crippen LogP contribution in [0, 0.1) is 5.92 Å². The molecule has 2 aromatic carbocycles. The van der Waals surface area contributed by atoms with Gasteiger partial charge < -0.3 is 20.5 Å². The largest absolute Gasteiger partial charge is 0.481 e. The molecule has 2 aromatic rings. The number of ether oxygens (including phenoxy) is 1. The summed E-state index contributed by atoms with van der Waals surface area (Å²) in [5.41, 5.74) is 4.76. The first-order valence-electron chi connectivity index (χ1n) is 12.6. The van der Waals surface area contributed by atoms with Crippen molar-refractivity contribution in [1.29, 1.82) is 0 Å². The molecule has 7 heteroatoms. The molecule has 0 unspecified atom stereocenters. The van der Waals surface area contributed by atoms with Crippen LogP contribution in [0.1, 0.15) is 68.4 Å². The molecule has 2 atom stereocenters. The van der Waals surface area contributed by atoms with Gasteiger partial charge in [-0.1, -0.05) is 61.4 Å². The monoisotopic (exact) mass is 478 g/mol. The molecule has 0 aliphatic heterocycles. The summed E-state index contributed by atoms with van der Waals surface area (Å²) in [5.74, 6) is -0.798. The summed E-state index contributed by atoms with van der Waals surface area (Å²) in [5, 5.41) is 14.6. The van der Waals surface area contributed by atoms with E-state index in [2.05, 4.69) is 34.9 Å². The molecule has 4 rings (SSSR count). The summed E-state index contributed by atoms with van der Waals surface area (Å²) in [6.45, 7) is 0.885. The van der Waals surface area contributed by atoms with Gasteiger partial charge in [-0.2, -0.15) is 0 Å². The van der Waals surface area contributed by atoms with Crippen LogP contribution in [0.4, 0.5) is 4.79 Å². The summed E-state index contributed by atoms with van der Waals surface area (Å²) in [7, 11) is 0. The van der Waals surface area contributed by atoms with Gasteiger partial charge in [0, 0.05) is 30.8 Å². The lowest BCUT2D eigenvalue weighted by Crippen LogP contribution is -2.36. The second-order valence-electron chi connectivity index (χ2n) is 9.53. The highest BCUT2D eigenvalue weighted by atomic mass is 16.5. The van der Waals surface area contributed by atoms with Crippen LogP contribution in [-0.4, -0.2) is 42.3 Å². The van der Waals surface area contributed by atoms with Crippen LogP contribution < -0.4 is 10.6 Å². The van der Waals surface area contributed by atoms with Crippen molar-refractivity contribution in [3.8, 4) is 11.1 Å². The van der Waals surface area contributed by atoms with E-state index in [-0.39, 0.29) is 36.8 Å². The minimum atomic E-state index is -0.763. The smallest absolute Gasteiger partial charge is 0.407 e. The Labute approximate surface area is 206 Å². The number of carboxylic acids is 1. The van der Waals surface area contributed by atoms with Crippen molar-refractivity contribution in [3.63, 3.8) is 0 Å². The summed E-state index contributed by atoms with van der Waals surface area (Å²) in [6.07, 6.45) is 5.19. The normalized spacial score (nSPS) is 18.5. The standard InChI is InChI=1S/C28H34N2O5/c31-26(32)13-3-1-2-8-16-29-27(33)19-14-15-20(17-19)30-28(34)35-18-25-23-11-6-4-9-21(23)22-10-5-7-12-24(22)25/h4-7,9-12,19-20,25H,1-3,8,13-18H2,(H,29,33)(H,30,34)(H,31,32)/t19-,20+/m1/s1. The molecule has 186 valence electrons. The molecule has 0 aromatic heterocycles. The molecule has 3 N–H and O–H groups in total. The second-order valence-corrected chi connectivity index (χ2v) is 9.53. The number of unbranched alkanes of at least 4 members (excludes halogenated alkanes) is 3.